The lowest BCUT2D eigenvalue weighted by molar-refractivity contribution is 0.101. The van der Waals surface area contributed by atoms with Crippen LogP contribution >= 0.6 is 15.9 Å². The molecular weight excluding hydrogens is 311 g/mol. The third kappa shape index (κ3) is 3.41. The Morgan fingerprint density at radius 3 is 2.68 bits per heavy atom. The lowest BCUT2D eigenvalue weighted by Gasteiger charge is -2.11. The second kappa shape index (κ2) is 5.97. The van der Waals surface area contributed by atoms with E-state index in [2.05, 4.69) is 15.9 Å². The summed E-state index contributed by atoms with van der Waals surface area (Å²) in [6, 6.07) is 11.6. The first-order valence-electron chi connectivity index (χ1n) is 5.74. The number of benzene rings is 2. The first-order valence-corrected chi connectivity index (χ1v) is 6.54. The fraction of sp³-hybridized carbons (Fsp3) is 0.133. The zero-order chi connectivity index (χ0) is 13.8. The maximum Gasteiger partial charge on any atom is 0.163 e. The number of ketones is 1. The molecule has 0 aliphatic rings. The van der Waals surface area contributed by atoms with E-state index in [0.717, 1.165) is 10.0 Å². The molecule has 0 aromatic heterocycles. The topological polar surface area (TPSA) is 26.3 Å². The SMILES string of the molecule is CC(=O)c1cc(F)ccc1OCc1ccccc1Br. The monoisotopic (exact) mass is 322 g/mol. The van der Waals surface area contributed by atoms with Crippen molar-refractivity contribution in [1.82, 2.24) is 0 Å². The minimum absolute atomic E-state index is 0.221. The molecular formula is C15H12BrFO2. The predicted molar refractivity (Wildman–Crippen MR) is 74.9 cm³/mol. The van der Waals surface area contributed by atoms with E-state index >= 15 is 0 Å². The molecule has 0 unspecified atom stereocenters. The van der Waals surface area contributed by atoms with Crippen molar-refractivity contribution in [2.24, 2.45) is 0 Å². The van der Waals surface area contributed by atoms with Crippen LogP contribution in [0.5, 0.6) is 5.75 Å². The van der Waals surface area contributed by atoms with Gasteiger partial charge < -0.3 is 4.74 Å². The van der Waals surface area contributed by atoms with Gasteiger partial charge in [0.25, 0.3) is 0 Å². The lowest BCUT2D eigenvalue weighted by Crippen LogP contribution is -2.02. The summed E-state index contributed by atoms with van der Waals surface area (Å²) in [5.41, 5.74) is 1.22. The normalized spacial score (nSPS) is 10.3. The molecule has 98 valence electrons. The molecule has 0 saturated carbocycles. The van der Waals surface area contributed by atoms with Gasteiger partial charge in [0.1, 0.15) is 18.2 Å². The fourth-order valence-electron chi connectivity index (χ4n) is 1.67. The van der Waals surface area contributed by atoms with E-state index in [1.54, 1.807) is 0 Å². The Morgan fingerprint density at radius 2 is 2.00 bits per heavy atom. The second-order valence-electron chi connectivity index (χ2n) is 4.08. The van der Waals surface area contributed by atoms with Crippen molar-refractivity contribution in [3.05, 3.63) is 63.9 Å². The average Bonchev–Trinajstić information content (AvgIpc) is 2.38. The molecule has 2 nitrogen and oxygen atoms in total. The lowest BCUT2D eigenvalue weighted by atomic mass is 10.1. The Morgan fingerprint density at radius 1 is 1.26 bits per heavy atom. The van der Waals surface area contributed by atoms with Crippen molar-refractivity contribution in [2.75, 3.05) is 0 Å². The Bertz CT molecular complexity index is 611. The summed E-state index contributed by atoms with van der Waals surface area (Å²) >= 11 is 3.42. The van der Waals surface area contributed by atoms with Crippen molar-refractivity contribution < 1.29 is 13.9 Å². The van der Waals surface area contributed by atoms with Crippen molar-refractivity contribution in [1.29, 1.82) is 0 Å². The van der Waals surface area contributed by atoms with E-state index in [1.807, 2.05) is 24.3 Å². The van der Waals surface area contributed by atoms with E-state index in [4.69, 9.17) is 4.74 Å². The zero-order valence-electron chi connectivity index (χ0n) is 10.3. The van der Waals surface area contributed by atoms with Crippen LogP contribution in [-0.2, 0) is 6.61 Å². The molecule has 0 spiro atoms. The van der Waals surface area contributed by atoms with Crippen LogP contribution in [0.3, 0.4) is 0 Å². The first kappa shape index (κ1) is 13.7. The molecule has 0 radical (unpaired) electrons. The number of hydrogen-bond donors (Lipinski definition) is 0. The molecule has 0 atom stereocenters. The number of ether oxygens (including phenoxy) is 1. The van der Waals surface area contributed by atoms with Crippen molar-refractivity contribution in [3.8, 4) is 5.75 Å². The third-order valence-corrected chi connectivity index (χ3v) is 3.44. The van der Waals surface area contributed by atoms with Gasteiger partial charge in [-0.2, -0.15) is 0 Å². The summed E-state index contributed by atoms with van der Waals surface area (Å²) in [7, 11) is 0. The maximum absolute atomic E-state index is 13.1. The summed E-state index contributed by atoms with van der Waals surface area (Å²) in [5.74, 6) is -0.273. The molecule has 0 aliphatic carbocycles. The van der Waals surface area contributed by atoms with Gasteiger partial charge in [-0.3, -0.25) is 4.79 Å². The molecule has 4 heteroatoms. The van der Waals surface area contributed by atoms with E-state index in [1.165, 1.54) is 25.1 Å². The number of halogens is 2. The highest BCUT2D eigenvalue weighted by Gasteiger charge is 2.10. The smallest absolute Gasteiger partial charge is 0.163 e. The molecule has 0 aliphatic heterocycles. The van der Waals surface area contributed by atoms with Crippen LogP contribution < -0.4 is 4.74 Å². The summed E-state index contributed by atoms with van der Waals surface area (Å²) in [5, 5.41) is 0. The van der Waals surface area contributed by atoms with Gasteiger partial charge in [-0.1, -0.05) is 34.1 Å². The van der Waals surface area contributed by atoms with Gasteiger partial charge in [0.15, 0.2) is 5.78 Å². The minimum Gasteiger partial charge on any atom is -0.488 e. The van der Waals surface area contributed by atoms with Crippen LogP contribution in [0.25, 0.3) is 0 Å². The standard InChI is InChI=1S/C15H12BrFO2/c1-10(18)13-8-12(17)6-7-15(13)19-9-11-4-2-3-5-14(11)16/h2-8H,9H2,1H3. The molecule has 0 fully saturated rings. The Balaban J connectivity index is 2.20. The number of Topliss-reactive ketones (excluding diaryl/α,β-unsaturated/α-hetero) is 1. The Hall–Kier alpha value is -1.68. The van der Waals surface area contributed by atoms with Crippen LogP contribution in [0.4, 0.5) is 4.39 Å². The molecule has 0 bridgehead atoms. The molecule has 2 aromatic carbocycles. The highest BCUT2D eigenvalue weighted by molar-refractivity contribution is 9.10. The fourth-order valence-corrected chi connectivity index (χ4v) is 2.07. The van der Waals surface area contributed by atoms with Gasteiger partial charge in [0.2, 0.25) is 0 Å². The number of rotatable bonds is 4. The molecule has 0 N–H and O–H groups in total. The number of carbonyl (C=O) groups excluding carboxylic acids is 1. The van der Waals surface area contributed by atoms with Crippen molar-refractivity contribution in [3.63, 3.8) is 0 Å². The van der Waals surface area contributed by atoms with E-state index in [0.29, 0.717) is 12.4 Å². The molecule has 19 heavy (non-hydrogen) atoms. The van der Waals surface area contributed by atoms with Gasteiger partial charge >= 0.3 is 0 Å². The highest BCUT2D eigenvalue weighted by atomic mass is 79.9. The first-order chi connectivity index (χ1) is 9.08. The van der Waals surface area contributed by atoms with Crippen LogP contribution in [0.2, 0.25) is 0 Å². The van der Waals surface area contributed by atoms with Gasteiger partial charge in [0.05, 0.1) is 5.56 Å². The molecule has 2 rings (SSSR count). The maximum atomic E-state index is 13.1. The van der Waals surface area contributed by atoms with E-state index < -0.39 is 5.82 Å². The van der Waals surface area contributed by atoms with E-state index in [-0.39, 0.29) is 11.3 Å². The highest BCUT2D eigenvalue weighted by Crippen LogP contribution is 2.23. The molecule has 0 amide bonds. The Labute approximate surface area is 119 Å². The van der Waals surface area contributed by atoms with Crippen molar-refractivity contribution >= 4 is 21.7 Å². The summed E-state index contributed by atoms with van der Waals surface area (Å²) < 4.78 is 19.7. The van der Waals surface area contributed by atoms with Crippen LogP contribution in [-0.4, -0.2) is 5.78 Å². The van der Waals surface area contributed by atoms with Crippen LogP contribution in [0.15, 0.2) is 46.9 Å². The quantitative estimate of drug-likeness (QED) is 0.781. The number of hydrogen-bond acceptors (Lipinski definition) is 2. The molecule has 0 saturated heterocycles. The summed E-state index contributed by atoms with van der Waals surface area (Å²) in [6.45, 7) is 1.70. The van der Waals surface area contributed by atoms with Crippen molar-refractivity contribution in [2.45, 2.75) is 13.5 Å². The van der Waals surface area contributed by atoms with Gasteiger partial charge in [-0.25, -0.2) is 4.39 Å². The van der Waals surface area contributed by atoms with Gasteiger partial charge in [-0.05, 0) is 31.2 Å². The van der Waals surface area contributed by atoms with Crippen LogP contribution in [0.1, 0.15) is 22.8 Å². The van der Waals surface area contributed by atoms with Gasteiger partial charge in [-0.15, -0.1) is 0 Å². The Kier molecular flexibility index (Phi) is 4.32. The zero-order valence-corrected chi connectivity index (χ0v) is 11.9. The van der Waals surface area contributed by atoms with Gasteiger partial charge in [0, 0.05) is 10.0 Å². The average molecular weight is 323 g/mol. The summed E-state index contributed by atoms with van der Waals surface area (Å²) in [6.07, 6.45) is 0. The minimum atomic E-state index is -0.446. The second-order valence-corrected chi connectivity index (χ2v) is 4.93. The third-order valence-electron chi connectivity index (χ3n) is 2.66. The predicted octanol–water partition coefficient (Wildman–Crippen LogP) is 4.37. The van der Waals surface area contributed by atoms with E-state index in [9.17, 15) is 9.18 Å². The molecule has 2 aromatic rings. The van der Waals surface area contributed by atoms with Crippen LogP contribution in [0, 0.1) is 5.82 Å². The number of carbonyl (C=O) groups is 1. The molecule has 0 heterocycles. The summed E-state index contributed by atoms with van der Waals surface area (Å²) in [4.78, 5) is 11.4. The largest absolute Gasteiger partial charge is 0.488 e.